The molecule has 3 radical (unpaired) electrons. The van der Waals surface area contributed by atoms with E-state index in [9.17, 15) is 29.4 Å². The minimum atomic E-state index is -1.41. The number of aliphatic hydroxyl groups is 2. The van der Waals surface area contributed by atoms with Crippen LogP contribution in [-0.2, 0) is 56.6 Å². The largest absolute Gasteiger partial charge is 0.460 e. The first-order valence-electron chi connectivity index (χ1n) is 18.1. The van der Waals surface area contributed by atoms with Crippen LogP contribution >= 0.6 is 0 Å². The number of fused-ring (bicyclic) bond motifs is 10. The summed E-state index contributed by atoms with van der Waals surface area (Å²) in [6, 6.07) is 23.4. The number of para-hydroxylation sites is 2. The molecule has 2 unspecified atom stereocenters. The van der Waals surface area contributed by atoms with Crippen LogP contribution in [0.25, 0.3) is 44.6 Å². The Kier molecular flexibility index (Phi) is 9.58. The fraction of sp³-hybridized carbons (Fsp3) is 0.302. The van der Waals surface area contributed by atoms with E-state index in [-0.39, 0.29) is 54.4 Å². The number of hydrogen-bond donors (Lipinski definition) is 2. The lowest BCUT2D eigenvalue weighted by Gasteiger charge is -2.26. The molecule has 4 aliphatic rings. The van der Waals surface area contributed by atoms with Gasteiger partial charge in [0.2, 0.25) is 0 Å². The molecule has 6 aromatic rings. The van der Waals surface area contributed by atoms with Gasteiger partial charge in [-0.2, -0.15) is 0 Å². The number of ether oxygens (including phenoxy) is 2. The number of esters is 2. The minimum Gasteiger partial charge on any atom is -0.460 e. The smallest absolute Gasteiger partial charge is 0.309 e. The van der Waals surface area contributed by atoms with Crippen LogP contribution in [0.15, 0.2) is 82.4 Å². The predicted octanol–water partition coefficient (Wildman–Crippen LogP) is 5.44. The first kappa shape index (κ1) is 38.4. The molecule has 0 saturated heterocycles. The highest BCUT2D eigenvalue weighted by Crippen LogP contribution is 2.40. The number of nitrogens with zero attached hydrogens (tertiary/aromatic N) is 4. The quantitative estimate of drug-likeness (QED) is 0.172. The van der Waals surface area contributed by atoms with E-state index in [0.29, 0.717) is 59.6 Å². The van der Waals surface area contributed by atoms with Crippen molar-refractivity contribution in [2.45, 2.75) is 84.5 Å². The van der Waals surface area contributed by atoms with Gasteiger partial charge in [0.05, 0.1) is 70.9 Å². The molecular weight excluding hydrogens is 711 g/mol. The molecule has 2 aromatic carbocycles. The lowest BCUT2D eigenvalue weighted by Crippen LogP contribution is -2.32. The van der Waals surface area contributed by atoms with E-state index in [4.69, 9.17) is 19.4 Å². The minimum absolute atomic E-state index is 0. The van der Waals surface area contributed by atoms with E-state index < -0.39 is 23.1 Å². The standard InChI is InChI=1S/2C21H18N2O4.CH4.B.H2/c2*1-2-21(26)9-18(24)27-11-14-15(21)8-17-19-13(10-23(17)20(14)25)7-12-5-3-4-6-16(12)22-19;;;/h2*3-8,26H,2,9-11H2,1H3;1H4;;1H/i;;;;1+1. The van der Waals surface area contributed by atoms with Gasteiger partial charge < -0.3 is 28.8 Å². The van der Waals surface area contributed by atoms with Gasteiger partial charge in [-0.3, -0.25) is 19.2 Å². The Morgan fingerprint density at radius 2 is 1.05 bits per heavy atom. The summed E-state index contributed by atoms with van der Waals surface area (Å²) in [6.07, 6.45) is 0.320. The highest BCUT2D eigenvalue weighted by molar-refractivity contribution is 5.85. The van der Waals surface area contributed by atoms with Gasteiger partial charge in [0.15, 0.2) is 0 Å². The summed E-state index contributed by atoms with van der Waals surface area (Å²) >= 11 is 0. The van der Waals surface area contributed by atoms with E-state index in [1.807, 2.05) is 60.7 Å². The first-order chi connectivity index (χ1) is 26.0. The molecule has 4 aliphatic heterocycles. The average molecular weight is 755 g/mol. The summed E-state index contributed by atoms with van der Waals surface area (Å²) in [5, 5.41) is 24.2. The molecular formula is C43H42BN4O8. The van der Waals surface area contributed by atoms with Crippen LogP contribution in [0, 0.1) is 0 Å². The van der Waals surface area contributed by atoms with Gasteiger partial charge in [-0.1, -0.05) is 57.7 Å². The molecule has 2 atom stereocenters. The van der Waals surface area contributed by atoms with Gasteiger partial charge in [0.25, 0.3) is 11.1 Å². The van der Waals surface area contributed by atoms with E-state index >= 15 is 0 Å². The van der Waals surface area contributed by atoms with Crippen molar-refractivity contribution in [1.29, 1.82) is 0 Å². The molecule has 0 spiro atoms. The molecule has 285 valence electrons. The van der Waals surface area contributed by atoms with Crippen molar-refractivity contribution in [2.75, 3.05) is 0 Å². The Labute approximate surface area is 325 Å². The third-order valence-electron chi connectivity index (χ3n) is 11.3. The van der Waals surface area contributed by atoms with Crippen molar-refractivity contribution < 1.29 is 30.7 Å². The summed E-state index contributed by atoms with van der Waals surface area (Å²) in [4.78, 5) is 59.7. The number of pyridine rings is 4. The molecule has 0 saturated carbocycles. The lowest BCUT2D eigenvalue weighted by molar-refractivity contribution is -0.150. The lowest BCUT2D eigenvalue weighted by atomic mass is 9.85. The summed E-state index contributed by atoms with van der Waals surface area (Å²) in [5.74, 6) is -0.991. The maximum Gasteiger partial charge on any atom is 0.309 e. The second-order valence-corrected chi connectivity index (χ2v) is 14.4. The molecule has 56 heavy (non-hydrogen) atoms. The fourth-order valence-corrected chi connectivity index (χ4v) is 8.25. The number of cyclic esters (lactones) is 2. The highest BCUT2D eigenvalue weighted by atomic mass is 16.5. The third kappa shape index (κ3) is 5.93. The Morgan fingerprint density at radius 1 is 0.661 bits per heavy atom. The average Bonchev–Trinajstić information content (AvgIpc) is 3.64. The summed E-state index contributed by atoms with van der Waals surface area (Å²) in [5.41, 5.74) is 4.93. The van der Waals surface area contributed by atoms with E-state index in [0.717, 1.165) is 44.3 Å². The van der Waals surface area contributed by atoms with Crippen LogP contribution in [0.1, 0.15) is 81.8 Å². The van der Waals surface area contributed by atoms with Crippen LogP contribution in [0.4, 0.5) is 0 Å². The number of hydrogen-bond acceptors (Lipinski definition) is 10. The summed E-state index contributed by atoms with van der Waals surface area (Å²) < 4.78 is 13.7. The topological polar surface area (TPSA) is 163 Å². The maximum atomic E-state index is 13.2. The van der Waals surface area contributed by atoms with Crippen LogP contribution in [0.3, 0.4) is 0 Å². The predicted molar refractivity (Wildman–Crippen MR) is 213 cm³/mol. The number of benzene rings is 2. The van der Waals surface area contributed by atoms with Crippen molar-refractivity contribution >= 4 is 42.2 Å². The van der Waals surface area contributed by atoms with Gasteiger partial charge in [0.1, 0.15) is 24.4 Å². The number of rotatable bonds is 2. The van der Waals surface area contributed by atoms with E-state index in [1.54, 1.807) is 23.0 Å². The molecule has 0 bridgehead atoms. The monoisotopic (exact) mass is 754 g/mol. The normalized spacial score (nSPS) is 19.9. The van der Waals surface area contributed by atoms with Crippen LogP contribution in [-0.4, -0.2) is 49.7 Å². The Bertz CT molecular complexity index is 2560. The molecule has 0 fully saturated rings. The van der Waals surface area contributed by atoms with E-state index in [1.165, 1.54) is 0 Å². The molecule has 0 aliphatic carbocycles. The van der Waals surface area contributed by atoms with Crippen LogP contribution in [0.2, 0.25) is 0 Å². The Hall–Kier alpha value is -5.92. The molecule has 4 aromatic heterocycles. The number of carbonyl (C=O) groups excluding carboxylic acids is 2. The van der Waals surface area contributed by atoms with Crippen molar-refractivity contribution in [3.05, 3.63) is 127 Å². The Balaban J connectivity index is 0.000000183. The van der Waals surface area contributed by atoms with Gasteiger partial charge >= 0.3 is 11.9 Å². The van der Waals surface area contributed by atoms with Gasteiger partial charge in [-0.25, -0.2) is 9.97 Å². The zero-order chi connectivity index (χ0) is 37.5. The van der Waals surface area contributed by atoms with Gasteiger partial charge in [-0.05, 0) is 60.4 Å². The van der Waals surface area contributed by atoms with Crippen molar-refractivity contribution in [3.8, 4) is 22.8 Å². The second-order valence-electron chi connectivity index (χ2n) is 14.4. The van der Waals surface area contributed by atoms with Crippen molar-refractivity contribution in [3.63, 3.8) is 0 Å². The SMILES string of the molecule is C.CCC1(O)CC(=O)OCc2c1cc1n(c2=O)Cc2cc3ccccc3nc2-1.CCC1(O)CC(=O)OCc2c1cc1n(c2=O)Cc2cc3ccccc3nc2-1.[2HH].[B]. The number of aromatic nitrogens is 4. The zero-order valence-corrected chi connectivity index (χ0v) is 30.3. The molecule has 2 N–H and O–H groups in total. The fourth-order valence-electron chi connectivity index (χ4n) is 8.25. The van der Waals surface area contributed by atoms with Crippen molar-refractivity contribution in [2.24, 2.45) is 0 Å². The van der Waals surface area contributed by atoms with E-state index in [2.05, 4.69) is 12.1 Å². The summed E-state index contributed by atoms with van der Waals surface area (Å²) in [7, 11) is 0. The Morgan fingerprint density at radius 3 is 1.45 bits per heavy atom. The maximum absolute atomic E-state index is 13.2. The molecule has 13 heteroatoms. The molecule has 10 rings (SSSR count). The van der Waals surface area contributed by atoms with Crippen LogP contribution in [0.5, 0.6) is 0 Å². The van der Waals surface area contributed by atoms with Gasteiger partial charge in [0, 0.05) is 31.7 Å². The van der Waals surface area contributed by atoms with Crippen molar-refractivity contribution in [1.82, 2.24) is 19.1 Å². The number of carbonyl (C=O) groups is 2. The third-order valence-corrected chi connectivity index (χ3v) is 11.3. The second kappa shape index (κ2) is 14.0. The summed E-state index contributed by atoms with van der Waals surface area (Å²) in [6.45, 7) is 4.22. The highest BCUT2D eigenvalue weighted by Gasteiger charge is 2.41. The molecule has 12 nitrogen and oxygen atoms in total. The first-order valence-corrected chi connectivity index (χ1v) is 18.1. The zero-order valence-electron chi connectivity index (χ0n) is 30.3. The molecule has 0 amide bonds. The molecule has 8 heterocycles. The van der Waals surface area contributed by atoms with Crippen LogP contribution < -0.4 is 11.1 Å². The van der Waals surface area contributed by atoms with Gasteiger partial charge in [-0.15, -0.1) is 0 Å².